The molecule has 0 unspecified atom stereocenters. The highest BCUT2D eigenvalue weighted by atomic mass is 35.5. The maximum Gasteiger partial charge on any atom is 0.337 e. The lowest BCUT2D eigenvalue weighted by Crippen LogP contribution is -2.38. The number of hydrogen-bond acceptors (Lipinski definition) is 6. The summed E-state index contributed by atoms with van der Waals surface area (Å²) in [5.74, 6) is -0.776. The van der Waals surface area contributed by atoms with Crippen LogP contribution in [0.1, 0.15) is 35.2 Å². The number of methoxy groups -OCH3 is 1. The molecule has 1 aromatic carbocycles. The van der Waals surface area contributed by atoms with Gasteiger partial charge in [-0.15, -0.1) is 11.3 Å². The topological polar surface area (TPSA) is 92.8 Å². The highest BCUT2D eigenvalue weighted by Gasteiger charge is 2.37. The molecule has 0 aliphatic carbocycles. The van der Waals surface area contributed by atoms with E-state index in [1.54, 1.807) is 18.2 Å². The number of sulfonamides is 1. The number of halogens is 2. The Balaban J connectivity index is 1.61. The Labute approximate surface area is 189 Å². The molecule has 30 heavy (non-hydrogen) atoms. The average Bonchev–Trinajstić information content (AvgIpc) is 3.36. The van der Waals surface area contributed by atoms with Crippen LogP contribution in [0.25, 0.3) is 0 Å². The van der Waals surface area contributed by atoms with Crippen LogP contribution in [0.15, 0.2) is 34.5 Å². The van der Waals surface area contributed by atoms with Crippen LogP contribution in [0.2, 0.25) is 9.36 Å². The zero-order chi connectivity index (χ0) is 21.9. The summed E-state index contributed by atoms with van der Waals surface area (Å²) in [6.07, 6.45) is 1.35. The first-order valence-electron chi connectivity index (χ1n) is 9.13. The first-order chi connectivity index (χ1) is 14.2. The molecule has 0 radical (unpaired) electrons. The molecule has 7 nitrogen and oxygen atoms in total. The standard InChI is InChI=1S/C19H20Cl2N2O5S2/c1-28-19(25)12-4-5-13(15(20)9-12)11-22-17(24)10-14-3-2-8-23(14)30(26,27)18-7-6-16(21)29-18/h4-7,9,14H,2-3,8,10-11H2,1H3,(H,22,24)/t14-/m0/s1. The number of hydrogen-bond donors (Lipinski definition) is 1. The van der Waals surface area contributed by atoms with Crippen molar-refractivity contribution in [3.05, 3.63) is 50.8 Å². The van der Waals surface area contributed by atoms with Gasteiger partial charge in [0.25, 0.3) is 10.0 Å². The van der Waals surface area contributed by atoms with Crippen molar-refractivity contribution in [3.8, 4) is 0 Å². The van der Waals surface area contributed by atoms with E-state index in [4.69, 9.17) is 23.2 Å². The molecule has 1 saturated heterocycles. The molecule has 2 heterocycles. The van der Waals surface area contributed by atoms with Crippen LogP contribution in [0, 0.1) is 0 Å². The molecule has 2 aromatic rings. The van der Waals surface area contributed by atoms with Crippen molar-refractivity contribution in [3.63, 3.8) is 0 Å². The van der Waals surface area contributed by atoms with Crippen LogP contribution in [0.4, 0.5) is 0 Å². The molecule has 0 bridgehead atoms. The van der Waals surface area contributed by atoms with E-state index in [0.29, 0.717) is 39.9 Å². The van der Waals surface area contributed by atoms with Crippen molar-refractivity contribution in [2.75, 3.05) is 13.7 Å². The first kappa shape index (κ1) is 23.0. The van der Waals surface area contributed by atoms with E-state index < -0.39 is 22.0 Å². The molecular formula is C19H20Cl2N2O5S2. The summed E-state index contributed by atoms with van der Waals surface area (Å²) in [6.45, 7) is 0.537. The second-order valence-electron chi connectivity index (χ2n) is 6.75. The number of carbonyl (C=O) groups is 2. The summed E-state index contributed by atoms with van der Waals surface area (Å²) >= 11 is 13.1. The molecule has 1 fully saturated rings. The van der Waals surface area contributed by atoms with E-state index in [1.165, 1.54) is 23.5 Å². The number of carbonyl (C=O) groups excluding carboxylic acids is 2. The van der Waals surface area contributed by atoms with Crippen molar-refractivity contribution in [1.29, 1.82) is 0 Å². The maximum absolute atomic E-state index is 12.9. The monoisotopic (exact) mass is 490 g/mol. The van der Waals surface area contributed by atoms with Gasteiger partial charge in [0, 0.05) is 30.6 Å². The lowest BCUT2D eigenvalue weighted by Gasteiger charge is -2.23. The largest absolute Gasteiger partial charge is 0.465 e. The van der Waals surface area contributed by atoms with Gasteiger partial charge in [0.1, 0.15) is 4.21 Å². The number of nitrogens with zero attached hydrogens (tertiary/aromatic N) is 1. The minimum atomic E-state index is -3.68. The number of rotatable bonds is 7. The van der Waals surface area contributed by atoms with E-state index in [1.807, 2.05) is 0 Å². The fourth-order valence-corrected chi connectivity index (χ4v) is 6.85. The molecule has 11 heteroatoms. The van der Waals surface area contributed by atoms with E-state index in [9.17, 15) is 18.0 Å². The fraction of sp³-hybridized carbons (Fsp3) is 0.368. The minimum absolute atomic E-state index is 0.0518. The van der Waals surface area contributed by atoms with Crippen LogP contribution in [0.3, 0.4) is 0 Å². The van der Waals surface area contributed by atoms with E-state index in [2.05, 4.69) is 10.1 Å². The zero-order valence-electron chi connectivity index (χ0n) is 16.1. The van der Waals surface area contributed by atoms with Crippen molar-refractivity contribution in [2.45, 2.75) is 36.1 Å². The van der Waals surface area contributed by atoms with Gasteiger partial charge < -0.3 is 10.1 Å². The quantitative estimate of drug-likeness (QED) is 0.597. The predicted molar refractivity (Wildman–Crippen MR) is 115 cm³/mol. The van der Waals surface area contributed by atoms with E-state index >= 15 is 0 Å². The predicted octanol–water partition coefficient (Wildman–Crippen LogP) is 3.70. The first-order valence-corrected chi connectivity index (χ1v) is 12.1. The van der Waals surface area contributed by atoms with Gasteiger partial charge in [-0.2, -0.15) is 4.31 Å². The van der Waals surface area contributed by atoms with Crippen LogP contribution in [0.5, 0.6) is 0 Å². The van der Waals surface area contributed by atoms with E-state index in [0.717, 1.165) is 11.3 Å². The molecule has 0 saturated carbocycles. The van der Waals surface area contributed by atoms with E-state index in [-0.39, 0.29) is 23.1 Å². The Bertz CT molecular complexity index is 1050. The van der Waals surface area contributed by atoms with Crippen LogP contribution in [-0.2, 0) is 26.1 Å². The van der Waals surface area contributed by atoms with Gasteiger partial charge in [-0.05, 0) is 42.7 Å². The number of ether oxygens (including phenoxy) is 1. The summed E-state index contributed by atoms with van der Waals surface area (Å²) in [5, 5.41) is 3.10. The van der Waals surface area contributed by atoms with Crippen LogP contribution >= 0.6 is 34.5 Å². The summed E-state index contributed by atoms with van der Waals surface area (Å²) in [6, 6.07) is 7.31. The van der Waals surface area contributed by atoms with Gasteiger partial charge in [-0.25, -0.2) is 13.2 Å². The third-order valence-corrected chi connectivity index (χ3v) is 8.81. The Morgan fingerprint density at radius 3 is 2.67 bits per heavy atom. The van der Waals surface area contributed by atoms with Gasteiger partial charge in [-0.1, -0.05) is 29.3 Å². The van der Waals surface area contributed by atoms with Crippen LogP contribution < -0.4 is 5.32 Å². The normalized spacial score (nSPS) is 17.1. The SMILES string of the molecule is COC(=O)c1ccc(CNC(=O)C[C@@H]2CCCN2S(=O)(=O)c2ccc(Cl)s2)c(Cl)c1. The third-order valence-electron chi connectivity index (χ3n) is 4.81. The number of nitrogens with one attached hydrogen (secondary N) is 1. The van der Waals surface area contributed by atoms with Gasteiger partial charge in [0.05, 0.1) is 17.0 Å². The fourth-order valence-electron chi connectivity index (χ4n) is 3.30. The zero-order valence-corrected chi connectivity index (χ0v) is 19.2. The highest BCUT2D eigenvalue weighted by Crippen LogP contribution is 2.33. The summed E-state index contributed by atoms with van der Waals surface area (Å²) in [7, 11) is -2.40. The van der Waals surface area contributed by atoms with Gasteiger partial charge >= 0.3 is 5.97 Å². The molecule has 162 valence electrons. The number of amides is 1. The summed E-state index contributed by atoms with van der Waals surface area (Å²) in [4.78, 5) is 24.0. The summed E-state index contributed by atoms with van der Waals surface area (Å²) < 4.78 is 32.3. The van der Waals surface area contributed by atoms with Crippen molar-refractivity contribution < 1.29 is 22.7 Å². The molecule has 1 N–H and O–H groups in total. The molecule has 1 amide bonds. The molecule has 3 rings (SSSR count). The van der Waals surface area contributed by atoms with Crippen molar-refractivity contribution in [2.24, 2.45) is 0 Å². The molecule has 1 atom stereocenters. The highest BCUT2D eigenvalue weighted by molar-refractivity contribution is 7.91. The maximum atomic E-state index is 12.9. The van der Waals surface area contributed by atoms with Gasteiger partial charge in [0.2, 0.25) is 5.91 Å². The lowest BCUT2D eigenvalue weighted by atomic mass is 10.1. The van der Waals surface area contributed by atoms with Gasteiger partial charge in [-0.3, -0.25) is 4.79 Å². The molecule has 0 spiro atoms. The lowest BCUT2D eigenvalue weighted by molar-refractivity contribution is -0.122. The molecule has 1 aliphatic rings. The minimum Gasteiger partial charge on any atom is -0.465 e. The Hall–Kier alpha value is -1.65. The average molecular weight is 491 g/mol. The Morgan fingerprint density at radius 1 is 1.27 bits per heavy atom. The molecular weight excluding hydrogens is 471 g/mol. The second-order valence-corrected chi connectivity index (χ2v) is 11.0. The molecule has 1 aromatic heterocycles. The number of benzene rings is 1. The number of thiophene rings is 1. The number of esters is 1. The summed E-state index contributed by atoms with van der Waals surface area (Å²) in [5.41, 5.74) is 0.958. The Kier molecular flexibility index (Phi) is 7.41. The second kappa shape index (κ2) is 9.65. The molecule has 1 aliphatic heterocycles. The van der Waals surface area contributed by atoms with Crippen molar-refractivity contribution >= 4 is 56.4 Å². The smallest absolute Gasteiger partial charge is 0.337 e. The van der Waals surface area contributed by atoms with Crippen LogP contribution in [-0.4, -0.2) is 44.3 Å². The Morgan fingerprint density at radius 2 is 2.03 bits per heavy atom. The third kappa shape index (κ3) is 5.15. The van der Waals surface area contributed by atoms with Crippen molar-refractivity contribution in [1.82, 2.24) is 9.62 Å². The van der Waals surface area contributed by atoms with Gasteiger partial charge in [0.15, 0.2) is 0 Å².